The van der Waals surface area contributed by atoms with E-state index in [1.165, 1.54) is 0 Å². The molecule has 0 aliphatic heterocycles. The SMILES string of the molecule is CCc1cccc(NC(=O)CNC(=O)c2cc3ccccc3c(=O)[nH]2)c1. The van der Waals surface area contributed by atoms with Crippen LogP contribution in [-0.2, 0) is 11.2 Å². The largest absolute Gasteiger partial charge is 0.342 e. The maximum atomic E-state index is 12.2. The molecule has 1 heterocycles. The maximum absolute atomic E-state index is 12.2. The lowest BCUT2D eigenvalue weighted by molar-refractivity contribution is -0.115. The highest BCUT2D eigenvalue weighted by atomic mass is 16.2. The van der Waals surface area contributed by atoms with E-state index in [1.54, 1.807) is 36.4 Å². The molecule has 3 aromatic rings. The molecule has 0 aliphatic rings. The zero-order valence-electron chi connectivity index (χ0n) is 14.3. The van der Waals surface area contributed by atoms with Gasteiger partial charge in [-0.25, -0.2) is 0 Å². The summed E-state index contributed by atoms with van der Waals surface area (Å²) in [5.41, 5.74) is 1.58. The number of H-pyrrole nitrogens is 1. The number of pyridine rings is 1. The maximum Gasteiger partial charge on any atom is 0.268 e. The molecule has 3 N–H and O–H groups in total. The van der Waals surface area contributed by atoms with Gasteiger partial charge in [-0.2, -0.15) is 0 Å². The molecule has 132 valence electrons. The zero-order valence-corrected chi connectivity index (χ0v) is 14.3. The summed E-state index contributed by atoms with van der Waals surface area (Å²) < 4.78 is 0. The lowest BCUT2D eigenvalue weighted by atomic mass is 10.1. The van der Waals surface area contributed by atoms with Crippen molar-refractivity contribution < 1.29 is 9.59 Å². The summed E-state index contributed by atoms with van der Waals surface area (Å²) >= 11 is 0. The molecule has 2 aromatic carbocycles. The lowest BCUT2D eigenvalue weighted by Crippen LogP contribution is -2.34. The molecule has 6 nitrogen and oxygen atoms in total. The Labute approximate surface area is 150 Å². The van der Waals surface area contributed by atoms with Gasteiger partial charge in [-0.1, -0.05) is 37.3 Å². The first kappa shape index (κ1) is 17.4. The number of carbonyl (C=O) groups excluding carboxylic acids is 2. The molecule has 1 aromatic heterocycles. The number of rotatable bonds is 5. The predicted molar refractivity (Wildman–Crippen MR) is 101 cm³/mol. The van der Waals surface area contributed by atoms with Crippen molar-refractivity contribution in [2.45, 2.75) is 13.3 Å². The van der Waals surface area contributed by atoms with E-state index in [0.717, 1.165) is 12.0 Å². The second-order valence-electron chi connectivity index (χ2n) is 5.88. The molecule has 0 saturated heterocycles. The Hall–Kier alpha value is -3.41. The smallest absolute Gasteiger partial charge is 0.268 e. The Morgan fingerprint density at radius 1 is 1.04 bits per heavy atom. The van der Waals surface area contributed by atoms with Gasteiger partial charge >= 0.3 is 0 Å². The first-order valence-corrected chi connectivity index (χ1v) is 8.36. The Bertz CT molecular complexity index is 1020. The normalized spacial score (nSPS) is 10.5. The fraction of sp³-hybridized carbons (Fsp3) is 0.150. The van der Waals surface area contributed by atoms with Crippen LogP contribution in [0.3, 0.4) is 0 Å². The fourth-order valence-electron chi connectivity index (χ4n) is 2.66. The van der Waals surface area contributed by atoms with Crippen LogP contribution in [0.5, 0.6) is 0 Å². The Morgan fingerprint density at radius 3 is 2.65 bits per heavy atom. The lowest BCUT2D eigenvalue weighted by Gasteiger charge is -2.08. The Kier molecular flexibility index (Phi) is 5.12. The fourth-order valence-corrected chi connectivity index (χ4v) is 2.66. The minimum atomic E-state index is -0.509. The second-order valence-corrected chi connectivity index (χ2v) is 5.88. The van der Waals surface area contributed by atoms with Crippen molar-refractivity contribution in [1.29, 1.82) is 0 Å². The van der Waals surface area contributed by atoms with E-state index in [0.29, 0.717) is 16.5 Å². The number of nitrogens with one attached hydrogen (secondary N) is 3. The molecular weight excluding hydrogens is 330 g/mol. The molecule has 0 spiro atoms. The van der Waals surface area contributed by atoms with E-state index >= 15 is 0 Å². The van der Waals surface area contributed by atoms with Gasteiger partial charge in [0.05, 0.1) is 6.54 Å². The van der Waals surface area contributed by atoms with Crippen LogP contribution < -0.4 is 16.2 Å². The van der Waals surface area contributed by atoms with Gasteiger partial charge < -0.3 is 15.6 Å². The van der Waals surface area contributed by atoms with Crippen molar-refractivity contribution in [3.8, 4) is 0 Å². The van der Waals surface area contributed by atoms with Crippen LogP contribution >= 0.6 is 0 Å². The van der Waals surface area contributed by atoms with Gasteiger partial charge in [-0.05, 0) is 41.6 Å². The molecule has 0 bridgehead atoms. The van der Waals surface area contributed by atoms with Gasteiger partial charge in [0.15, 0.2) is 0 Å². The van der Waals surface area contributed by atoms with Gasteiger partial charge in [0.1, 0.15) is 5.69 Å². The van der Waals surface area contributed by atoms with Crippen LogP contribution in [-0.4, -0.2) is 23.3 Å². The highest BCUT2D eigenvalue weighted by Gasteiger charge is 2.11. The zero-order chi connectivity index (χ0) is 18.5. The first-order valence-electron chi connectivity index (χ1n) is 8.36. The number of benzene rings is 2. The van der Waals surface area contributed by atoms with E-state index < -0.39 is 5.91 Å². The van der Waals surface area contributed by atoms with Crippen LogP contribution in [0.25, 0.3) is 10.8 Å². The number of aromatic amines is 1. The number of anilines is 1. The van der Waals surface area contributed by atoms with Gasteiger partial charge in [-0.15, -0.1) is 0 Å². The van der Waals surface area contributed by atoms with Crippen LogP contribution in [0.1, 0.15) is 23.0 Å². The summed E-state index contributed by atoms with van der Waals surface area (Å²) in [6, 6.07) is 16.1. The average molecular weight is 349 g/mol. The molecule has 0 radical (unpaired) electrons. The number of aromatic nitrogens is 1. The number of carbonyl (C=O) groups is 2. The molecule has 2 amide bonds. The van der Waals surface area contributed by atoms with E-state index in [2.05, 4.69) is 15.6 Å². The molecular formula is C20H19N3O3. The summed E-state index contributed by atoms with van der Waals surface area (Å²) in [6.07, 6.45) is 0.871. The highest BCUT2D eigenvalue weighted by molar-refractivity contribution is 6.00. The van der Waals surface area contributed by atoms with Gasteiger partial charge in [0.25, 0.3) is 11.5 Å². The molecule has 0 saturated carbocycles. The number of fused-ring (bicyclic) bond motifs is 1. The van der Waals surface area contributed by atoms with Crippen molar-refractivity contribution >= 4 is 28.3 Å². The van der Waals surface area contributed by atoms with Gasteiger partial charge in [0, 0.05) is 11.1 Å². The number of amides is 2. The van der Waals surface area contributed by atoms with Gasteiger partial charge in [0.2, 0.25) is 5.91 Å². The molecule has 0 fully saturated rings. The first-order chi connectivity index (χ1) is 12.6. The third-order valence-electron chi connectivity index (χ3n) is 4.03. The predicted octanol–water partition coefficient (Wildman–Crippen LogP) is 2.46. The number of hydrogen-bond acceptors (Lipinski definition) is 3. The summed E-state index contributed by atoms with van der Waals surface area (Å²) in [4.78, 5) is 38.8. The quantitative estimate of drug-likeness (QED) is 0.661. The van der Waals surface area contributed by atoms with E-state index in [9.17, 15) is 14.4 Å². The molecule has 3 rings (SSSR count). The van der Waals surface area contributed by atoms with E-state index in [-0.39, 0.29) is 23.7 Å². The molecule has 0 aliphatic carbocycles. The summed E-state index contributed by atoms with van der Waals surface area (Å²) in [5.74, 6) is -0.847. The van der Waals surface area contributed by atoms with Crippen LogP contribution in [0.2, 0.25) is 0 Å². The van der Waals surface area contributed by atoms with Gasteiger partial charge in [-0.3, -0.25) is 14.4 Å². The standard InChI is InChI=1S/C20H19N3O3/c1-2-13-6-5-8-15(10-13)22-18(24)12-21-20(26)17-11-14-7-3-4-9-16(14)19(25)23-17/h3-11H,2,12H2,1H3,(H,21,26)(H,22,24)(H,23,25). The average Bonchev–Trinajstić information content (AvgIpc) is 2.66. The Balaban J connectivity index is 1.65. The minimum Gasteiger partial charge on any atom is -0.342 e. The highest BCUT2D eigenvalue weighted by Crippen LogP contribution is 2.11. The summed E-state index contributed by atoms with van der Waals surface area (Å²) in [5, 5.41) is 6.44. The summed E-state index contributed by atoms with van der Waals surface area (Å²) in [6.45, 7) is 1.84. The van der Waals surface area contributed by atoms with Crippen molar-refractivity contribution in [3.63, 3.8) is 0 Å². The van der Waals surface area contributed by atoms with Crippen LogP contribution in [0.4, 0.5) is 5.69 Å². The minimum absolute atomic E-state index is 0.120. The second kappa shape index (κ2) is 7.65. The molecule has 0 unspecified atom stereocenters. The number of hydrogen-bond donors (Lipinski definition) is 3. The topological polar surface area (TPSA) is 91.1 Å². The number of aryl methyl sites for hydroxylation is 1. The Morgan fingerprint density at radius 2 is 1.85 bits per heavy atom. The third-order valence-corrected chi connectivity index (χ3v) is 4.03. The molecule has 6 heteroatoms. The van der Waals surface area contributed by atoms with Crippen LogP contribution in [0.15, 0.2) is 59.4 Å². The van der Waals surface area contributed by atoms with Crippen molar-refractivity contribution in [1.82, 2.24) is 10.3 Å². The third kappa shape index (κ3) is 3.97. The monoisotopic (exact) mass is 349 g/mol. The van der Waals surface area contributed by atoms with Crippen LogP contribution in [0, 0.1) is 0 Å². The van der Waals surface area contributed by atoms with Crippen molar-refractivity contribution in [2.75, 3.05) is 11.9 Å². The van der Waals surface area contributed by atoms with E-state index in [1.807, 2.05) is 25.1 Å². The molecule has 26 heavy (non-hydrogen) atoms. The molecule has 0 atom stereocenters. The van der Waals surface area contributed by atoms with Crippen molar-refractivity contribution in [2.24, 2.45) is 0 Å². The summed E-state index contributed by atoms with van der Waals surface area (Å²) in [7, 11) is 0. The van der Waals surface area contributed by atoms with E-state index in [4.69, 9.17) is 0 Å². The van der Waals surface area contributed by atoms with Crippen molar-refractivity contribution in [3.05, 3.63) is 76.2 Å².